The van der Waals surface area contributed by atoms with Crippen molar-refractivity contribution in [2.45, 2.75) is 64.5 Å². The highest BCUT2D eigenvalue weighted by Gasteiger charge is 2.40. The molecular formula is C24H35N3O4. The number of hydrogen-bond donors (Lipinski definition) is 1. The molecule has 3 amide bonds. The van der Waals surface area contributed by atoms with Crippen molar-refractivity contribution in [3.63, 3.8) is 0 Å². The second-order valence-electron chi connectivity index (χ2n) is 9.50. The van der Waals surface area contributed by atoms with Crippen LogP contribution < -0.4 is 10.1 Å². The lowest BCUT2D eigenvalue weighted by Gasteiger charge is -2.33. The third kappa shape index (κ3) is 6.45. The second-order valence-corrected chi connectivity index (χ2v) is 9.50. The van der Waals surface area contributed by atoms with Gasteiger partial charge in [-0.2, -0.15) is 0 Å². The lowest BCUT2D eigenvalue weighted by Crippen LogP contribution is -2.48. The summed E-state index contributed by atoms with van der Waals surface area (Å²) in [4.78, 5) is 41.0. The lowest BCUT2D eigenvalue weighted by atomic mass is 10.0. The third-order valence-electron chi connectivity index (χ3n) is 6.05. The van der Waals surface area contributed by atoms with Crippen LogP contribution >= 0.6 is 0 Å². The summed E-state index contributed by atoms with van der Waals surface area (Å²) in [6, 6.07) is 9.67. The Kier molecular flexibility index (Phi) is 7.57. The summed E-state index contributed by atoms with van der Waals surface area (Å²) < 4.78 is 5.64. The van der Waals surface area contributed by atoms with Gasteiger partial charge >= 0.3 is 0 Å². The van der Waals surface area contributed by atoms with Crippen LogP contribution in [0.2, 0.25) is 0 Å². The molecule has 2 heterocycles. The number of nitrogens with one attached hydrogen (secondary N) is 1. The Morgan fingerprint density at radius 1 is 1.13 bits per heavy atom. The minimum atomic E-state index is -0.281. The van der Waals surface area contributed by atoms with Gasteiger partial charge in [0, 0.05) is 44.1 Å². The topological polar surface area (TPSA) is 79.0 Å². The molecule has 0 aliphatic carbocycles. The van der Waals surface area contributed by atoms with Gasteiger partial charge in [0.1, 0.15) is 5.75 Å². The molecule has 1 aromatic rings. The smallest absolute Gasteiger partial charge is 0.225 e. The van der Waals surface area contributed by atoms with E-state index in [0.717, 1.165) is 18.6 Å². The monoisotopic (exact) mass is 429 g/mol. The zero-order valence-corrected chi connectivity index (χ0v) is 18.9. The fourth-order valence-corrected chi connectivity index (χ4v) is 4.21. The molecule has 1 unspecified atom stereocenters. The van der Waals surface area contributed by atoms with Crippen LogP contribution in [-0.4, -0.2) is 65.3 Å². The van der Waals surface area contributed by atoms with Crippen LogP contribution in [0.25, 0.3) is 0 Å². The molecule has 31 heavy (non-hydrogen) atoms. The van der Waals surface area contributed by atoms with Crippen LogP contribution in [0.15, 0.2) is 30.3 Å². The van der Waals surface area contributed by atoms with Crippen LogP contribution in [0.5, 0.6) is 5.75 Å². The highest BCUT2D eigenvalue weighted by molar-refractivity contribution is 5.89. The molecule has 0 spiro atoms. The van der Waals surface area contributed by atoms with Crippen LogP contribution in [0.1, 0.15) is 52.9 Å². The van der Waals surface area contributed by atoms with Gasteiger partial charge in [-0.3, -0.25) is 14.4 Å². The number of rotatable bonds is 7. The zero-order chi connectivity index (χ0) is 22.4. The maximum atomic E-state index is 12.7. The van der Waals surface area contributed by atoms with Gasteiger partial charge in [-0.15, -0.1) is 0 Å². The minimum Gasteiger partial charge on any atom is -0.494 e. The number of carbonyl (C=O) groups is 3. The predicted octanol–water partition coefficient (Wildman–Crippen LogP) is 2.60. The molecule has 0 radical (unpaired) electrons. The number of hydrogen-bond acceptors (Lipinski definition) is 4. The van der Waals surface area contributed by atoms with Gasteiger partial charge in [-0.05, 0) is 52.2 Å². The number of nitrogens with zero attached hydrogens (tertiary/aromatic N) is 2. The SMILES string of the molecule is CC(C)(C)N1CC(C(=O)NC2CCN(C(=O)CCCOc3ccccc3)CC2)CC1=O. The van der Waals surface area contributed by atoms with Crippen molar-refractivity contribution in [3.8, 4) is 5.75 Å². The Balaban J connectivity index is 1.34. The molecule has 2 fully saturated rings. The Morgan fingerprint density at radius 3 is 2.42 bits per heavy atom. The van der Waals surface area contributed by atoms with Crippen LogP contribution in [0.4, 0.5) is 0 Å². The first-order valence-corrected chi connectivity index (χ1v) is 11.3. The van der Waals surface area contributed by atoms with E-state index < -0.39 is 0 Å². The highest BCUT2D eigenvalue weighted by Crippen LogP contribution is 2.26. The number of likely N-dealkylation sites (tertiary alicyclic amines) is 2. The van der Waals surface area contributed by atoms with Gasteiger partial charge in [-0.25, -0.2) is 0 Å². The Labute approximate surface area is 185 Å². The second kappa shape index (κ2) is 10.2. The Hall–Kier alpha value is -2.57. The van der Waals surface area contributed by atoms with Crippen molar-refractivity contribution in [2.24, 2.45) is 5.92 Å². The van der Waals surface area contributed by atoms with Gasteiger partial charge in [-0.1, -0.05) is 18.2 Å². The Bertz CT molecular complexity index is 767. The van der Waals surface area contributed by atoms with Crippen LogP contribution in [0.3, 0.4) is 0 Å². The number of ether oxygens (including phenoxy) is 1. The molecule has 0 saturated carbocycles. The summed E-state index contributed by atoms with van der Waals surface area (Å²) in [5.74, 6) is 0.688. The van der Waals surface area contributed by atoms with Crippen LogP contribution in [-0.2, 0) is 14.4 Å². The van der Waals surface area contributed by atoms with Crippen molar-refractivity contribution in [2.75, 3.05) is 26.2 Å². The first kappa shape index (κ1) is 23.1. The molecule has 7 nitrogen and oxygen atoms in total. The molecule has 1 aromatic carbocycles. The van der Waals surface area contributed by atoms with E-state index in [2.05, 4.69) is 5.32 Å². The van der Waals surface area contributed by atoms with Gasteiger partial charge in [0.2, 0.25) is 17.7 Å². The first-order valence-electron chi connectivity index (χ1n) is 11.3. The minimum absolute atomic E-state index is 0.0389. The van der Waals surface area contributed by atoms with Crippen molar-refractivity contribution in [1.82, 2.24) is 15.1 Å². The van der Waals surface area contributed by atoms with E-state index in [9.17, 15) is 14.4 Å². The van der Waals surface area contributed by atoms with Gasteiger partial charge in [0.05, 0.1) is 12.5 Å². The summed E-state index contributed by atoms with van der Waals surface area (Å²) in [5, 5.41) is 3.11. The summed E-state index contributed by atoms with van der Waals surface area (Å²) in [6.45, 7) is 8.29. The maximum absolute atomic E-state index is 12.7. The number of carbonyl (C=O) groups excluding carboxylic acids is 3. The average Bonchev–Trinajstić information content (AvgIpc) is 3.15. The number of piperidine rings is 1. The summed E-state index contributed by atoms with van der Waals surface area (Å²) in [5.41, 5.74) is -0.260. The standard InChI is InChI=1S/C24H35N3O4/c1-24(2,3)27-17-18(16-22(27)29)23(30)25-19-11-13-26(14-12-19)21(28)10-7-15-31-20-8-5-4-6-9-20/h4-6,8-9,18-19H,7,10-17H2,1-3H3,(H,25,30). The molecule has 0 aromatic heterocycles. The van der Waals surface area contributed by atoms with E-state index >= 15 is 0 Å². The number of amides is 3. The van der Waals surface area contributed by atoms with Crippen molar-refractivity contribution >= 4 is 17.7 Å². The van der Waals surface area contributed by atoms with Crippen molar-refractivity contribution < 1.29 is 19.1 Å². The lowest BCUT2D eigenvalue weighted by molar-refractivity contribution is -0.133. The third-order valence-corrected chi connectivity index (χ3v) is 6.05. The quantitative estimate of drug-likeness (QED) is 0.676. The molecule has 2 aliphatic heterocycles. The van der Waals surface area contributed by atoms with E-state index in [1.165, 1.54) is 0 Å². The molecule has 0 bridgehead atoms. The maximum Gasteiger partial charge on any atom is 0.225 e. The summed E-state index contributed by atoms with van der Waals surface area (Å²) in [6.07, 6.45) is 2.94. The molecule has 1 N–H and O–H groups in total. The molecule has 2 saturated heterocycles. The zero-order valence-electron chi connectivity index (χ0n) is 18.9. The summed E-state index contributed by atoms with van der Waals surface area (Å²) >= 11 is 0. The molecule has 2 aliphatic rings. The van der Waals surface area contributed by atoms with E-state index in [4.69, 9.17) is 4.74 Å². The van der Waals surface area contributed by atoms with Gasteiger partial charge < -0.3 is 19.9 Å². The first-order chi connectivity index (χ1) is 14.7. The molecule has 7 heteroatoms. The normalized spacial score (nSPS) is 20.1. The molecule has 1 atom stereocenters. The van der Waals surface area contributed by atoms with Crippen molar-refractivity contribution in [3.05, 3.63) is 30.3 Å². The van der Waals surface area contributed by atoms with E-state index in [1.807, 2.05) is 56.0 Å². The van der Waals surface area contributed by atoms with E-state index in [-0.39, 0.29) is 41.6 Å². The number of para-hydroxylation sites is 1. The molecule has 3 rings (SSSR count). The van der Waals surface area contributed by atoms with E-state index in [1.54, 1.807) is 4.90 Å². The fraction of sp³-hybridized carbons (Fsp3) is 0.625. The number of benzene rings is 1. The van der Waals surface area contributed by atoms with E-state index in [0.29, 0.717) is 39.1 Å². The summed E-state index contributed by atoms with van der Waals surface area (Å²) in [7, 11) is 0. The van der Waals surface area contributed by atoms with Crippen molar-refractivity contribution in [1.29, 1.82) is 0 Å². The fourth-order valence-electron chi connectivity index (χ4n) is 4.21. The predicted molar refractivity (Wildman–Crippen MR) is 118 cm³/mol. The van der Waals surface area contributed by atoms with Gasteiger partial charge in [0.15, 0.2) is 0 Å². The average molecular weight is 430 g/mol. The Morgan fingerprint density at radius 2 is 1.81 bits per heavy atom. The highest BCUT2D eigenvalue weighted by atomic mass is 16.5. The van der Waals surface area contributed by atoms with Gasteiger partial charge in [0.25, 0.3) is 0 Å². The largest absolute Gasteiger partial charge is 0.494 e. The molecule has 170 valence electrons. The van der Waals surface area contributed by atoms with Crippen LogP contribution in [0, 0.1) is 5.92 Å². The molecular weight excluding hydrogens is 394 g/mol.